The Morgan fingerprint density at radius 1 is 1.15 bits per heavy atom. The van der Waals surface area contributed by atoms with E-state index < -0.39 is 5.82 Å². The molecule has 0 aliphatic rings. The summed E-state index contributed by atoms with van der Waals surface area (Å²) in [5.41, 5.74) is 1.11. The third-order valence-electron chi connectivity index (χ3n) is 3.62. The molecular weight excluding hydrogens is 396 g/mol. The molecule has 0 saturated heterocycles. The molecule has 26 heavy (non-hydrogen) atoms. The first-order chi connectivity index (χ1) is 12.6. The summed E-state index contributed by atoms with van der Waals surface area (Å²) in [6.45, 7) is 2.92. The van der Waals surface area contributed by atoms with Crippen molar-refractivity contribution >= 4 is 35.0 Å². The summed E-state index contributed by atoms with van der Waals surface area (Å²) < 4.78 is 20.7. The van der Waals surface area contributed by atoms with Gasteiger partial charge in [-0.2, -0.15) is 0 Å². The van der Waals surface area contributed by atoms with E-state index in [0.29, 0.717) is 23.1 Å². The molecule has 4 nitrogen and oxygen atoms in total. The molecule has 0 aliphatic heterocycles. The van der Waals surface area contributed by atoms with Crippen LogP contribution >= 0.6 is 35.0 Å². The molecule has 2 aromatic carbocycles. The molecule has 136 valence electrons. The van der Waals surface area contributed by atoms with Crippen molar-refractivity contribution in [3.63, 3.8) is 0 Å². The lowest BCUT2D eigenvalue weighted by Gasteiger charge is -2.10. The smallest absolute Gasteiger partial charge is 0.191 e. The molecule has 0 radical (unpaired) electrons. The van der Waals surface area contributed by atoms with E-state index in [4.69, 9.17) is 27.9 Å². The quantitative estimate of drug-likeness (QED) is 0.473. The van der Waals surface area contributed by atoms with Crippen molar-refractivity contribution in [2.45, 2.75) is 31.0 Å². The largest absolute Gasteiger partial charge is 0.484 e. The lowest BCUT2D eigenvalue weighted by Crippen LogP contribution is -2.07. The number of hydrogen-bond donors (Lipinski definition) is 0. The predicted molar refractivity (Wildman–Crippen MR) is 102 cm³/mol. The van der Waals surface area contributed by atoms with E-state index in [1.807, 2.05) is 35.8 Å². The van der Waals surface area contributed by atoms with Gasteiger partial charge in [0.15, 0.2) is 11.0 Å². The van der Waals surface area contributed by atoms with Gasteiger partial charge in [-0.05, 0) is 42.8 Å². The number of rotatable bonds is 7. The molecule has 0 spiro atoms. The van der Waals surface area contributed by atoms with Crippen LogP contribution in [0.5, 0.6) is 5.75 Å². The van der Waals surface area contributed by atoms with Crippen molar-refractivity contribution in [3.8, 4) is 5.75 Å². The van der Waals surface area contributed by atoms with Crippen molar-refractivity contribution in [1.82, 2.24) is 14.8 Å². The molecule has 3 aromatic rings. The summed E-state index contributed by atoms with van der Waals surface area (Å²) in [7, 11) is 0. The van der Waals surface area contributed by atoms with Crippen LogP contribution in [0.4, 0.5) is 4.39 Å². The topological polar surface area (TPSA) is 39.9 Å². The summed E-state index contributed by atoms with van der Waals surface area (Å²) in [6.07, 6.45) is 0. The number of aromatic nitrogens is 3. The summed E-state index contributed by atoms with van der Waals surface area (Å²) in [6, 6.07) is 11.7. The van der Waals surface area contributed by atoms with E-state index in [-0.39, 0.29) is 11.6 Å². The van der Waals surface area contributed by atoms with E-state index >= 15 is 0 Å². The second-order valence-electron chi connectivity index (χ2n) is 5.43. The number of ether oxygens (including phenoxy) is 1. The van der Waals surface area contributed by atoms with Crippen LogP contribution in [-0.4, -0.2) is 14.8 Å². The highest BCUT2D eigenvalue weighted by molar-refractivity contribution is 7.98. The highest BCUT2D eigenvalue weighted by Crippen LogP contribution is 2.27. The summed E-state index contributed by atoms with van der Waals surface area (Å²) in [5, 5.41) is 10.2. The average molecular weight is 412 g/mol. The molecule has 0 N–H and O–H groups in total. The maximum absolute atomic E-state index is 13.1. The van der Waals surface area contributed by atoms with E-state index in [2.05, 4.69) is 10.2 Å². The minimum Gasteiger partial charge on any atom is -0.484 e. The second-order valence-corrected chi connectivity index (χ2v) is 7.21. The van der Waals surface area contributed by atoms with Crippen LogP contribution < -0.4 is 4.74 Å². The molecule has 1 heterocycles. The van der Waals surface area contributed by atoms with Crippen molar-refractivity contribution in [2.75, 3.05) is 0 Å². The van der Waals surface area contributed by atoms with Crippen LogP contribution in [0.15, 0.2) is 47.6 Å². The van der Waals surface area contributed by atoms with E-state index in [9.17, 15) is 4.39 Å². The van der Waals surface area contributed by atoms with E-state index in [1.165, 1.54) is 18.2 Å². The first kappa shape index (κ1) is 19.0. The van der Waals surface area contributed by atoms with E-state index in [1.54, 1.807) is 11.8 Å². The number of benzene rings is 2. The Morgan fingerprint density at radius 3 is 2.73 bits per heavy atom. The first-order valence-electron chi connectivity index (χ1n) is 7.94. The fourth-order valence-corrected chi connectivity index (χ4v) is 3.76. The van der Waals surface area contributed by atoms with Gasteiger partial charge in [-0.3, -0.25) is 0 Å². The van der Waals surface area contributed by atoms with Gasteiger partial charge in [0.1, 0.15) is 18.2 Å². The van der Waals surface area contributed by atoms with Crippen LogP contribution in [0.2, 0.25) is 10.0 Å². The Balaban J connectivity index is 1.67. The fourth-order valence-electron chi connectivity index (χ4n) is 2.36. The van der Waals surface area contributed by atoms with Gasteiger partial charge in [0.05, 0.1) is 5.02 Å². The van der Waals surface area contributed by atoms with Crippen LogP contribution in [0, 0.1) is 5.82 Å². The molecule has 0 saturated carbocycles. The molecule has 3 rings (SSSR count). The normalized spacial score (nSPS) is 10.9. The van der Waals surface area contributed by atoms with Gasteiger partial charge in [-0.25, -0.2) is 4.39 Å². The maximum Gasteiger partial charge on any atom is 0.191 e. The highest BCUT2D eigenvalue weighted by Gasteiger charge is 2.13. The van der Waals surface area contributed by atoms with Gasteiger partial charge in [-0.15, -0.1) is 10.2 Å². The second kappa shape index (κ2) is 8.75. The molecule has 0 unspecified atom stereocenters. The molecule has 0 amide bonds. The van der Waals surface area contributed by atoms with Crippen LogP contribution in [0.3, 0.4) is 0 Å². The Bertz CT molecular complexity index is 904. The van der Waals surface area contributed by atoms with Gasteiger partial charge in [-0.1, -0.05) is 47.1 Å². The number of thioether (sulfide) groups is 1. The van der Waals surface area contributed by atoms with Crippen molar-refractivity contribution in [3.05, 3.63) is 69.7 Å². The van der Waals surface area contributed by atoms with Gasteiger partial charge < -0.3 is 9.30 Å². The minimum absolute atomic E-state index is 0.198. The van der Waals surface area contributed by atoms with E-state index in [0.717, 1.165) is 16.5 Å². The Morgan fingerprint density at radius 2 is 2.00 bits per heavy atom. The molecule has 0 fully saturated rings. The highest BCUT2D eigenvalue weighted by atomic mass is 35.5. The predicted octanol–water partition coefficient (Wildman–Crippen LogP) is 5.62. The fraction of sp³-hybridized carbons (Fsp3) is 0.222. The summed E-state index contributed by atoms with van der Waals surface area (Å²) >= 11 is 13.6. The molecule has 1 aromatic heterocycles. The zero-order chi connectivity index (χ0) is 18.5. The van der Waals surface area contributed by atoms with Crippen molar-refractivity contribution in [2.24, 2.45) is 0 Å². The Kier molecular flexibility index (Phi) is 6.40. The number of halogens is 3. The summed E-state index contributed by atoms with van der Waals surface area (Å²) in [5.74, 6) is 1.43. The van der Waals surface area contributed by atoms with Crippen LogP contribution in [-0.2, 0) is 18.9 Å². The third kappa shape index (κ3) is 4.69. The lowest BCUT2D eigenvalue weighted by molar-refractivity contribution is 0.288. The first-order valence-corrected chi connectivity index (χ1v) is 9.68. The molecule has 0 aliphatic carbocycles. The lowest BCUT2D eigenvalue weighted by atomic mass is 10.2. The molecule has 0 bridgehead atoms. The molecule has 8 heteroatoms. The van der Waals surface area contributed by atoms with Gasteiger partial charge in [0.25, 0.3) is 0 Å². The van der Waals surface area contributed by atoms with Crippen LogP contribution in [0.25, 0.3) is 0 Å². The van der Waals surface area contributed by atoms with Crippen molar-refractivity contribution < 1.29 is 9.13 Å². The average Bonchev–Trinajstić information content (AvgIpc) is 3.01. The van der Waals surface area contributed by atoms with Crippen molar-refractivity contribution in [1.29, 1.82) is 0 Å². The zero-order valence-electron chi connectivity index (χ0n) is 14.0. The van der Waals surface area contributed by atoms with Gasteiger partial charge in [0.2, 0.25) is 0 Å². The third-order valence-corrected chi connectivity index (χ3v) is 5.19. The van der Waals surface area contributed by atoms with Gasteiger partial charge in [0, 0.05) is 17.3 Å². The van der Waals surface area contributed by atoms with Crippen LogP contribution in [0.1, 0.15) is 18.3 Å². The number of hydrogen-bond acceptors (Lipinski definition) is 4. The standard InChI is InChI=1S/C18H16Cl2FN3OS/c1-2-24-17(10-25-16-7-6-14(21)9-15(16)20)22-23-18(24)26-11-12-4-3-5-13(19)8-12/h3-9H,2,10-11H2,1H3. The monoisotopic (exact) mass is 411 g/mol. The molecule has 0 atom stereocenters. The minimum atomic E-state index is -0.404. The Labute approximate surface area is 165 Å². The number of nitrogens with zero attached hydrogens (tertiary/aromatic N) is 3. The summed E-state index contributed by atoms with van der Waals surface area (Å²) in [4.78, 5) is 0. The molecular formula is C18H16Cl2FN3OS. The Hall–Kier alpha value is -1.76. The SMILES string of the molecule is CCn1c(COc2ccc(F)cc2Cl)nnc1SCc1cccc(Cl)c1. The van der Waals surface area contributed by atoms with Gasteiger partial charge >= 0.3 is 0 Å². The zero-order valence-corrected chi connectivity index (χ0v) is 16.3. The maximum atomic E-state index is 13.1.